The fourth-order valence-corrected chi connectivity index (χ4v) is 8.37. The number of hydrogen-bond donors (Lipinski definition) is 0. The molecule has 0 saturated carbocycles. The van der Waals surface area contributed by atoms with E-state index >= 15 is 0 Å². The van der Waals surface area contributed by atoms with E-state index in [4.69, 9.17) is 18.2 Å². The third-order valence-electron chi connectivity index (χ3n) is 9.51. The molecule has 0 bridgehead atoms. The first-order chi connectivity index (χ1) is 24.2. The lowest BCUT2D eigenvalue weighted by molar-refractivity contribution is 0.619. The smallest absolute Gasteiger partial charge is 0.227 e. The van der Waals surface area contributed by atoms with E-state index in [1.165, 1.54) is 20.2 Å². The van der Waals surface area contributed by atoms with E-state index in [-0.39, 0.29) is 0 Å². The molecule has 0 amide bonds. The summed E-state index contributed by atoms with van der Waals surface area (Å²) >= 11 is 1.82. The molecule has 0 spiro atoms. The zero-order valence-corrected chi connectivity index (χ0v) is 26.7. The Hall–Kier alpha value is -6.37. The molecule has 0 aliphatic rings. The third kappa shape index (κ3) is 4.01. The van der Waals surface area contributed by atoms with Crippen molar-refractivity contribution in [3.63, 3.8) is 0 Å². The van der Waals surface area contributed by atoms with E-state index in [0.29, 0.717) is 5.89 Å². The van der Waals surface area contributed by atoms with Crippen LogP contribution in [0.15, 0.2) is 159 Å². The normalized spacial score (nSPS) is 12.1. The summed E-state index contributed by atoms with van der Waals surface area (Å²) in [5, 5.41) is 6.76. The van der Waals surface area contributed by atoms with Gasteiger partial charge in [-0.3, -0.25) is 0 Å². The zero-order chi connectivity index (χ0) is 32.1. The molecule has 49 heavy (non-hydrogen) atoms. The number of fused-ring (bicyclic) bond motifs is 11. The van der Waals surface area contributed by atoms with Crippen LogP contribution < -0.4 is 4.90 Å². The Bertz CT molecular complexity index is 3070. The van der Waals surface area contributed by atoms with Crippen molar-refractivity contribution in [3.8, 4) is 11.5 Å². The van der Waals surface area contributed by atoms with Crippen molar-refractivity contribution >= 4 is 104 Å². The number of nitrogens with zero attached hydrogens (tertiary/aromatic N) is 2. The lowest BCUT2D eigenvalue weighted by Crippen LogP contribution is -2.09. The van der Waals surface area contributed by atoms with E-state index in [0.717, 1.165) is 77.6 Å². The van der Waals surface area contributed by atoms with Gasteiger partial charge in [-0.15, -0.1) is 11.3 Å². The van der Waals surface area contributed by atoms with Crippen LogP contribution in [-0.2, 0) is 0 Å². The number of furan rings is 2. The van der Waals surface area contributed by atoms with Crippen molar-refractivity contribution in [1.82, 2.24) is 4.98 Å². The molecule has 230 valence electrons. The van der Waals surface area contributed by atoms with Gasteiger partial charge in [-0.05, 0) is 84.9 Å². The summed E-state index contributed by atoms with van der Waals surface area (Å²) < 4.78 is 21.2. The Morgan fingerprint density at radius 1 is 0.429 bits per heavy atom. The van der Waals surface area contributed by atoms with E-state index in [1.54, 1.807) is 0 Å². The summed E-state index contributed by atoms with van der Waals surface area (Å²) in [6, 6.07) is 50.4. The standard InChI is InChI=1S/C43H24N2O3S/c1-4-10-34-29(7-1)33-23-27(18-20-36(33)46-34)45(28-17-19-31-30-8-3-6-12-39(30)49-40(31)24-28)26-15-13-25(14-16-26)43-44-42-38(48-43)22-21-37-41(42)32-9-2-5-11-35(32)47-37/h1-24H. The molecular weight excluding hydrogens is 625 g/mol. The quantitative estimate of drug-likeness (QED) is 0.190. The van der Waals surface area contributed by atoms with Gasteiger partial charge in [0.1, 0.15) is 27.8 Å². The van der Waals surface area contributed by atoms with Gasteiger partial charge in [0.15, 0.2) is 5.58 Å². The lowest BCUT2D eigenvalue weighted by atomic mass is 10.1. The number of aromatic nitrogens is 1. The Balaban J connectivity index is 1.06. The van der Waals surface area contributed by atoms with Crippen molar-refractivity contribution in [1.29, 1.82) is 0 Å². The van der Waals surface area contributed by atoms with E-state index in [2.05, 4.69) is 108 Å². The van der Waals surface area contributed by atoms with Crippen LogP contribution in [-0.4, -0.2) is 4.98 Å². The van der Waals surface area contributed by atoms with E-state index in [9.17, 15) is 0 Å². The van der Waals surface area contributed by atoms with Gasteiger partial charge in [0, 0.05) is 59.0 Å². The van der Waals surface area contributed by atoms with Crippen LogP contribution in [0.3, 0.4) is 0 Å². The van der Waals surface area contributed by atoms with Crippen LogP contribution in [0.25, 0.3) is 86.6 Å². The van der Waals surface area contributed by atoms with Crippen molar-refractivity contribution in [2.75, 3.05) is 4.90 Å². The van der Waals surface area contributed by atoms with Gasteiger partial charge < -0.3 is 18.2 Å². The number of thiophene rings is 1. The molecule has 0 N–H and O–H groups in total. The fraction of sp³-hybridized carbons (Fsp3) is 0. The van der Waals surface area contributed by atoms with Crippen LogP contribution >= 0.6 is 11.3 Å². The SMILES string of the molecule is c1ccc2c(c1)oc1ccc(N(c3ccc(-c4nc5c(ccc6oc7ccccc7c65)o4)cc3)c3ccc4c(c3)sc3ccccc34)cc12. The average Bonchev–Trinajstić information content (AvgIpc) is 3.92. The van der Waals surface area contributed by atoms with Gasteiger partial charge in [-0.1, -0.05) is 60.7 Å². The van der Waals surface area contributed by atoms with E-state index in [1.807, 2.05) is 53.8 Å². The van der Waals surface area contributed by atoms with Crippen LogP contribution in [0, 0.1) is 0 Å². The lowest BCUT2D eigenvalue weighted by Gasteiger charge is -2.25. The second-order valence-electron chi connectivity index (χ2n) is 12.3. The van der Waals surface area contributed by atoms with Crippen molar-refractivity contribution in [2.45, 2.75) is 0 Å². The molecular formula is C43H24N2O3S. The average molecular weight is 649 g/mol. The zero-order valence-electron chi connectivity index (χ0n) is 25.9. The highest BCUT2D eigenvalue weighted by atomic mass is 32.1. The summed E-state index contributed by atoms with van der Waals surface area (Å²) in [6.45, 7) is 0. The molecule has 0 fully saturated rings. The summed E-state index contributed by atoms with van der Waals surface area (Å²) in [4.78, 5) is 7.29. The summed E-state index contributed by atoms with van der Waals surface area (Å²) in [7, 11) is 0. The number of para-hydroxylation sites is 2. The summed E-state index contributed by atoms with van der Waals surface area (Å²) in [5.41, 5.74) is 8.99. The second kappa shape index (κ2) is 10.1. The predicted molar refractivity (Wildman–Crippen MR) is 202 cm³/mol. The molecule has 0 saturated heterocycles. The monoisotopic (exact) mass is 648 g/mol. The molecule has 4 aromatic heterocycles. The molecule has 0 radical (unpaired) electrons. The Morgan fingerprint density at radius 2 is 1.04 bits per heavy atom. The topological polar surface area (TPSA) is 55.6 Å². The van der Waals surface area contributed by atoms with Gasteiger partial charge in [0.05, 0.1) is 5.39 Å². The minimum atomic E-state index is 0.573. The molecule has 6 heteroatoms. The predicted octanol–water partition coefficient (Wildman–Crippen LogP) is 13.1. The highest BCUT2D eigenvalue weighted by Crippen LogP contribution is 2.43. The van der Waals surface area contributed by atoms with Crippen molar-refractivity contribution < 1.29 is 13.3 Å². The maximum absolute atomic E-state index is 6.33. The van der Waals surface area contributed by atoms with Gasteiger partial charge in [-0.25, -0.2) is 4.98 Å². The maximum Gasteiger partial charge on any atom is 0.227 e. The van der Waals surface area contributed by atoms with Gasteiger partial charge in [0.25, 0.3) is 0 Å². The molecule has 7 aromatic carbocycles. The first kappa shape index (κ1) is 26.7. The number of benzene rings is 7. The highest BCUT2D eigenvalue weighted by molar-refractivity contribution is 7.25. The van der Waals surface area contributed by atoms with Crippen LogP contribution in [0.2, 0.25) is 0 Å². The van der Waals surface area contributed by atoms with Crippen molar-refractivity contribution in [3.05, 3.63) is 146 Å². The summed E-state index contributed by atoms with van der Waals surface area (Å²) in [5.74, 6) is 0.573. The number of rotatable bonds is 4. The van der Waals surface area contributed by atoms with Gasteiger partial charge >= 0.3 is 0 Å². The minimum absolute atomic E-state index is 0.573. The minimum Gasteiger partial charge on any atom is -0.456 e. The van der Waals surface area contributed by atoms with Gasteiger partial charge in [-0.2, -0.15) is 0 Å². The highest BCUT2D eigenvalue weighted by Gasteiger charge is 2.19. The molecule has 0 aliphatic heterocycles. The first-order valence-electron chi connectivity index (χ1n) is 16.2. The molecule has 11 rings (SSSR count). The number of oxazole rings is 1. The molecule has 11 aromatic rings. The van der Waals surface area contributed by atoms with E-state index < -0.39 is 0 Å². The number of hydrogen-bond acceptors (Lipinski definition) is 6. The van der Waals surface area contributed by atoms with Crippen molar-refractivity contribution in [2.24, 2.45) is 0 Å². The third-order valence-corrected chi connectivity index (χ3v) is 10.6. The van der Waals surface area contributed by atoms with Crippen LogP contribution in [0.1, 0.15) is 0 Å². The number of anilines is 3. The summed E-state index contributed by atoms with van der Waals surface area (Å²) in [6.07, 6.45) is 0. The van der Waals surface area contributed by atoms with Crippen LogP contribution in [0.5, 0.6) is 0 Å². The Kier molecular flexibility index (Phi) is 5.48. The molecule has 0 atom stereocenters. The largest absolute Gasteiger partial charge is 0.456 e. The fourth-order valence-electron chi connectivity index (χ4n) is 7.23. The first-order valence-corrected chi connectivity index (χ1v) is 17.0. The van der Waals surface area contributed by atoms with Gasteiger partial charge in [0.2, 0.25) is 5.89 Å². The van der Waals surface area contributed by atoms with Crippen LogP contribution in [0.4, 0.5) is 17.1 Å². The molecule has 5 nitrogen and oxygen atoms in total. The Labute approximate surface area is 282 Å². The molecule has 0 unspecified atom stereocenters. The molecule has 4 heterocycles. The second-order valence-corrected chi connectivity index (χ2v) is 13.4. The Morgan fingerprint density at radius 3 is 1.92 bits per heavy atom. The molecule has 0 aliphatic carbocycles. The maximum atomic E-state index is 6.33.